The first-order valence-electron chi connectivity index (χ1n) is 6.76. The molecule has 6 heteroatoms. The fraction of sp³-hybridized carbons (Fsp3) is 0.429. The zero-order valence-corrected chi connectivity index (χ0v) is 12.4. The second-order valence-corrected chi connectivity index (χ2v) is 5.60. The quantitative estimate of drug-likeness (QED) is 0.770. The van der Waals surface area contributed by atoms with Gasteiger partial charge in [0.25, 0.3) is 0 Å². The van der Waals surface area contributed by atoms with E-state index in [4.69, 9.17) is 0 Å². The van der Waals surface area contributed by atoms with E-state index in [-0.39, 0.29) is 11.9 Å². The van der Waals surface area contributed by atoms with Gasteiger partial charge in [-0.05, 0) is 30.9 Å². The number of nitrogens with zero attached hydrogens (tertiary/aromatic N) is 2. The summed E-state index contributed by atoms with van der Waals surface area (Å²) in [7, 11) is 0. The average Bonchev–Trinajstić information content (AvgIpc) is 3.11. The molecule has 1 atom stereocenters. The summed E-state index contributed by atoms with van der Waals surface area (Å²) in [4.78, 5) is 13.2. The van der Waals surface area contributed by atoms with Gasteiger partial charge in [-0.3, -0.25) is 9.48 Å². The third kappa shape index (κ3) is 4.79. The number of nitrogens with one attached hydrogen (secondary N) is 2. The number of carbonyl (C=O) groups excluding carboxylic acids is 1. The maximum atomic E-state index is 11.9. The standard InChI is InChI=1S/C14H20N4OS/c1-12(15-8-10-18-9-3-6-17-18)14(19)16-7-5-13-4-2-11-20-13/h2-4,6,9,11-12,15H,5,7-8,10H2,1H3,(H,16,19). The molecule has 2 N–H and O–H groups in total. The summed E-state index contributed by atoms with van der Waals surface area (Å²) in [6.45, 7) is 4.05. The van der Waals surface area contributed by atoms with Crippen molar-refractivity contribution < 1.29 is 4.79 Å². The van der Waals surface area contributed by atoms with Crippen LogP contribution in [0.3, 0.4) is 0 Å². The Hall–Kier alpha value is -1.66. The summed E-state index contributed by atoms with van der Waals surface area (Å²) in [5.41, 5.74) is 0. The molecule has 0 bridgehead atoms. The highest BCUT2D eigenvalue weighted by Crippen LogP contribution is 2.07. The zero-order chi connectivity index (χ0) is 14.2. The monoisotopic (exact) mass is 292 g/mol. The van der Waals surface area contributed by atoms with Gasteiger partial charge in [0.05, 0.1) is 12.6 Å². The highest BCUT2D eigenvalue weighted by molar-refractivity contribution is 7.09. The average molecular weight is 292 g/mol. The van der Waals surface area contributed by atoms with Crippen LogP contribution in [0.2, 0.25) is 0 Å². The molecular formula is C14H20N4OS. The van der Waals surface area contributed by atoms with Crippen LogP contribution < -0.4 is 10.6 Å². The van der Waals surface area contributed by atoms with Gasteiger partial charge in [0.1, 0.15) is 0 Å². The van der Waals surface area contributed by atoms with Crippen LogP contribution in [0.25, 0.3) is 0 Å². The van der Waals surface area contributed by atoms with Crippen LogP contribution in [-0.4, -0.2) is 34.8 Å². The predicted molar refractivity (Wildman–Crippen MR) is 80.7 cm³/mol. The van der Waals surface area contributed by atoms with Gasteiger partial charge in [-0.25, -0.2) is 0 Å². The predicted octanol–water partition coefficient (Wildman–Crippen LogP) is 1.28. The van der Waals surface area contributed by atoms with Crippen LogP contribution in [0.15, 0.2) is 36.0 Å². The molecule has 2 rings (SSSR count). The van der Waals surface area contributed by atoms with Gasteiger partial charge in [-0.1, -0.05) is 6.07 Å². The zero-order valence-electron chi connectivity index (χ0n) is 11.6. The Labute approximate surface area is 123 Å². The first-order chi connectivity index (χ1) is 9.75. The number of carbonyl (C=O) groups is 1. The van der Waals surface area contributed by atoms with Crippen molar-refractivity contribution in [2.24, 2.45) is 0 Å². The Morgan fingerprint density at radius 3 is 3.05 bits per heavy atom. The molecule has 0 fully saturated rings. The number of amides is 1. The lowest BCUT2D eigenvalue weighted by Crippen LogP contribution is -2.43. The number of hydrogen-bond donors (Lipinski definition) is 2. The van der Waals surface area contributed by atoms with Gasteiger partial charge in [-0.2, -0.15) is 5.10 Å². The highest BCUT2D eigenvalue weighted by atomic mass is 32.1. The third-order valence-electron chi connectivity index (χ3n) is 2.99. The Kier molecular flexibility index (Phi) is 5.76. The van der Waals surface area contributed by atoms with E-state index in [1.807, 2.05) is 29.9 Å². The lowest BCUT2D eigenvalue weighted by atomic mass is 10.3. The van der Waals surface area contributed by atoms with Crippen molar-refractivity contribution in [3.05, 3.63) is 40.8 Å². The van der Waals surface area contributed by atoms with Crippen LogP contribution in [0, 0.1) is 0 Å². The number of rotatable bonds is 8. The molecule has 2 aromatic rings. The maximum absolute atomic E-state index is 11.9. The molecule has 0 spiro atoms. The first-order valence-corrected chi connectivity index (χ1v) is 7.64. The van der Waals surface area contributed by atoms with E-state index in [0.29, 0.717) is 6.54 Å². The summed E-state index contributed by atoms with van der Waals surface area (Å²) in [5, 5.41) is 12.3. The molecular weight excluding hydrogens is 272 g/mol. The second kappa shape index (κ2) is 7.81. The van der Waals surface area contributed by atoms with Crippen molar-refractivity contribution in [1.29, 1.82) is 0 Å². The molecule has 20 heavy (non-hydrogen) atoms. The van der Waals surface area contributed by atoms with Gasteiger partial charge in [0.15, 0.2) is 0 Å². The molecule has 2 heterocycles. The third-order valence-corrected chi connectivity index (χ3v) is 3.93. The smallest absolute Gasteiger partial charge is 0.236 e. The van der Waals surface area contributed by atoms with Crippen LogP contribution in [-0.2, 0) is 17.8 Å². The maximum Gasteiger partial charge on any atom is 0.236 e. The largest absolute Gasteiger partial charge is 0.354 e. The Bertz CT molecular complexity index is 495. The van der Waals surface area contributed by atoms with E-state index in [1.165, 1.54) is 4.88 Å². The normalized spacial score (nSPS) is 12.2. The van der Waals surface area contributed by atoms with E-state index in [9.17, 15) is 4.79 Å². The SMILES string of the molecule is CC(NCCn1cccn1)C(=O)NCCc1cccs1. The Morgan fingerprint density at radius 2 is 2.35 bits per heavy atom. The van der Waals surface area contributed by atoms with E-state index in [0.717, 1.165) is 19.5 Å². The summed E-state index contributed by atoms with van der Waals surface area (Å²) < 4.78 is 1.84. The summed E-state index contributed by atoms with van der Waals surface area (Å²) in [6, 6.07) is 5.82. The van der Waals surface area contributed by atoms with Crippen molar-refractivity contribution in [3.8, 4) is 0 Å². The van der Waals surface area contributed by atoms with Crippen molar-refractivity contribution in [2.75, 3.05) is 13.1 Å². The molecule has 1 amide bonds. The molecule has 0 aliphatic heterocycles. The second-order valence-electron chi connectivity index (χ2n) is 4.57. The summed E-state index contributed by atoms with van der Waals surface area (Å²) in [6.07, 6.45) is 4.55. The van der Waals surface area contributed by atoms with Gasteiger partial charge in [0, 0.05) is 30.4 Å². The minimum Gasteiger partial charge on any atom is -0.354 e. The number of hydrogen-bond acceptors (Lipinski definition) is 4. The lowest BCUT2D eigenvalue weighted by Gasteiger charge is -2.13. The topological polar surface area (TPSA) is 59.0 Å². The fourth-order valence-electron chi connectivity index (χ4n) is 1.84. The van der Waals surface area contributed by atoms with E-state index < -0.39 is 0 Å². The van der Waals surface area contributed by atoms with Crippen LogP contribution in [0.4, 0.5) is 0 Å². The van der Waals surface area contributed by atoms with Crippen molar-refractivity contribution in [2.45, 2.75) is 25.9 Å². The van der Waals surface area contributed by atoms with E-state index in [1.54, 1.807) is 17.5 Å². The Morgan fingerprint density at radius 1 is 1.45 bits per heavy atom. The number of thiophene rings is 1. The molecule has 1 unspecified atom stereocenters. The van der Waals surface area contributed by atoms with Gasteiger partial charge in [-0.15, -0.1) is 11.3 Å². The van der Waals surface area contributed by atoms with Crippen molar-refractivity contribution in [3.63, 3.8) is 0 Å². The van der Waals surface area contributed by atoms with Crippen molar-refractivity contribution >= 4 is 17.2 Å². The van der Waals surface area contributed by atoms with E-state index in [2.05, 4.69) is 27.2 Å². The van der Waals surface area contributed by atoms with E-state index >= 15 is 0 Å². The number of aromatic nitrogens is 2. The molecule has 0 aliphatic carbocycles. The molecule has 0 saturated carbocycles. The molecule has 0 aromatic carbocycles. The van der Waals surface area contributed by atoms with Crippen LogP contribution >= 0.6 is 11.3 Å². The summed E-state index contributed by atoms with van der Waals surface area (Å²) in [5.74, 6) is 0.0435. The fourth-order valence-corrected chi connectivity index (χ4v) is 2.55. The summed E-state index contributed by atoms with van der Waals surface area (Å²) >= 11 is 1.72. The lowest BCUT2D eigenvalue weighted by molar-refractivity contribution is -0.122. The van der Waals surface area contributed by atoms with Crippen LogP contribution in [0.1, 0.15) is 11.8 Å². The van der Waals surface area contributed by atoms with Gasteiger partial charge < -0.3 is 10.6 Å². The molecule has 2 aromatic heterocycles. The van der Waals surface area contributed by atoms with Crippen molar-refractivity contribution in [1.82, 2.24) is 20.4 Å². The molecule has 5 nitrogen and oxygen atoms in total. The molecule has 108 valence electrons. The first kappa shape index (κ1) is 14.7. The molecule has 0 saturated heterocycles. The molecule has 0 radical (unpaired) electrons. The minimum atomic E-state index is -0.186. The van der Waals surface area contributed by atoms with Gasteiger partial charge >= 0.3 is 0 Å². The minimum absolute atomic E-state index is 0.0435. The Balaban J connectivity index is 1.59. The highest BCUT2D eigenvalue weighted by Gasteiger charge is 2.11. The molecule has 0 aliphatic rings. The van der Waals surface area contributed by atoms with Crippen LogP contribution in [0.5, 0.6) is 0 Å². The van der Waals surface area contributed by atoms with Gasteiger partial charge in [0.2, 0.25) is 5.91 Å².